The first-order valence-corrected chi connectivity index (χ1v) is 8.54. The lowest BCUT2D eigenvalue weighted by Gasteiger charge is -2.32. The molecule has 2 aliphatic rings. The zero-order valence-electron chi connectivity index (χ0n) is 15.1. The van der Waals surface area contributed by atoms with Crippen LogP contribution in [0.3, 0.4) is 0 Å². The van der Waals surface area contributed by atoms with Crippen molar-refractivity contribution in [3.63, 3.8) is 0 Å². The molecule has 0 aromatic heterocycles. The van der Waals surface area contributed by atoms with E-state index in [9.17, 15) is 4.79 Å². The van der Waals surface area contributed by atoms with Gasteiger partial charge in [0.1, 0.15) is 5.75 Å². The number of rotatable bonds is 4. The number of ether oxygens (including phenoxy) is 1. The summed E-state index contributed by atoms with van der Waals surface area (Å²) in [6.07, 6.45) is 0.547. The summed E-state index contributed by atoms with van der Waals surface area (Å²) < 4.78 is 18.1. The average Bonchev–Trinajstić information content (AvgIpc) is 2.98. The molecule has 5 nitrogen and oxygen atoms in total. The number of benzene rings is 1. The van der Waals surface area contributed by atoms with E-state index in [0.717, 1.165) is 16.8 Å². The van der Waals surface area contributed by atoms with Gasteiger partial charge in [0.2, 0.25) is 5.91 Å². The van der Waals surface area contributed by atoms with Crippen LogP contribution in [0.25, 0.3) is 0 Å². The minimum absolute atomic E-state index is 0.108. The molecule has 0 bridgehead atoms. The molecule has 3 rings (SSSR count). The molecule has 6 heteroatoms. The Labute approximate surface area is 144 Å². The van der Waals surface area contributed by atoms with E-state index in [4.69, 9.17) is 14.0 Å². The van der Waals surface area contributed by atoms with Crippen molar-refractivity contribution in [3.8, 4) is 5.75 Å². The highest BCUT2D eigenvalue weighted by Gasteiger charge is 2.51. The molecule has 0 saturated carbocycles. The lowest BCUT2D eigenvalue weighted by atomic mass is 9.78. The van der Waals surface area contributed by atoms with Crippen LogP contribution < -0.4 is 15.5 Å². The SMILES string of the molecule is Cc1cc(B2OC(C)(C)C(C)(C)O2)ccc1OCC1CNC(=O)C1. The minimum atomic E-state index is -0.362. The van der Waals surface area contributed by atoms with E-state index in [0.29, 0.717) is 19.6 Å². The molecule has 2 aliphatic heterocycles. The Morgan fingerprint density at radius 3 is 2.46 bits per heavy atom. The number of hydrogen-bond acceptors (Lipinski definition) is 4. The van der Waals surface area contributed by atoms with Gasteiger partial charge in [-0.3, -0.25) is 4.79 Å². The summed E-state index contributed by atoms with van der Waals surface area (Å²) in [4.78, 5) is 11.2. The van der Waals surface area contributed by atoms with Crippen LogP contribution in [0.15, 0.2) is 18.2 Å². The van der Waals surface area contributed by atoms with Crippen LogP contribution in [0, 0.1) is 12.8 Å². The van der Waals surface area contributed by atoms with Crippen LogP contribution in [0.4, 0.5) is 0 Å². The molecule has 1 aromatic carbocycles. The maximum atomic E-state index is 11.2. The largest absolute Gasteiger partial charge is 0.494 e. The van der Waals surface area contributed by atoms with Gasteiger partial charge in [-0.1, -0.05) is 12.1 Å². The van der Waals surface area contributed by atoms with Crippen molar-refractivity contribution in [3.05, 3.63) is 23.8 Å². The van der Waals surface area contributed by atoms with E-state index < -0.39 is 0 Å². The smallest absolute Gasteiger partial charge is 0.493 e. The van der Waals surface area contributed by atoms with Crippen molar-refractivity contribution in [2.24, 2.45) is 5.92 Å². The first-order chi connectivity index (χ1) is 11.2. The molecule has 1 N–H and O–H groups in total. The Hall–Kier alpha value is -1.53. The Bertz CT molecular complexity index is 628. The van der Waals surface area contributed by atoms with Gasteiger partial charge in [-0.25, -0.2) is 0 Å². The number of aryl methyl sites for hydroxylation is 1. The van der Waals surface area contributed by atoms with E-state index in [1.807, 2.05) is 46.8 Å². The Balaban J connectivity index is 1.66. The van der Waals surface area contributed by atoms with Crippen molar-refractivity contribution in [2.45, 2.75) is 52.2 Å². The average molecular weight is 331 g/mol. The second kappa shape index (κ2) is 6.08. The predicted molar refractivity (Wildman–Crippen MR) is 93.5 cm³/mol. The van der Waals surface area contributed by atoms with E-state index in [1.165, 1.54) is 0 Å². The molecule has 2 saturated heterocycles. The lowest BCUT2D eigenvalue weighted by Crippen LogP contribution is -2.41. The lowest BCUT2D eigenvalue weighted by molar-refractivity contribution is -0.119. The first-order valence-electron chi connectivity index (χ1n) is 8.54. The molecular weight excluding hydrogens is 305 g/mol. The van der Waals surface area contributed by atoms with Crippen LogP contribution in [0.5, 0.6) is 5.75 Å². The van der Waals surface area contributed by atoms with Crippen LogP contribution >= 0.6 is 0 Å². The Morgan fingerprint density at radius 2 is 1.92 bits per heavy atom. The predicted octanol–water partition coefficient (Wildman–Crippen LogP) is 1.81. The zero-order chi connectivity index (χ0) is 17.5. The molecule has 0 radical (unpaired) electrons. The molecule has 2 heterocycles. The normalized spacial score (nSPS) is 25.0. The molecule has 0 spiro atoms. The quantitative estimate of drug-likeness (QED) is 0.855. The summed E-state index contributed by atoms with van der Waals surface area (Å²) in [5, 5.41) is 2.83. The molecule has 1 aromatic rings. The highest BCUT2D eigenvalue weighted by Crippen LogP contribution is 2.36. The highest BCUT2D eigenvalue weighted by atomic mass is 16.7. The standard InChI is InChI=1S/C18H26BNO4/c1-12-8-14(19-23-17(2,3)18(4,5)24-19)6-7-15(12)22-11-13-9-16(21)20-10-13/h6-8,13H,9-11H2,1-5H3,(H,20,21). The summed E-state index contributed by atoms with van der Waals surface area (Å²) in [6.45, 7) is 11.5. The van der Waals surface area contributed by atoms with Gasteiger partial charge in [-0.05, 0) is 51.7 Å². The summed E-state index contributed by atoms with van der Waals surface area (Å²) in [7, 11) is -0.362. The van der Waals surface area contributed by atoms with E-state index in [-0.39, 0.29) is 30.1 Å². The van der Waals surface area contributed by atoms with Gasteiger partial charge in [0, 0.05) is 18.9 Å². The van der Waals surface area contributed by atoms with Crippen LogP contribution in [0.1, 0.15) is 39.7 Å². The van der Waals surface area contributed by atoms with Gasteiger partial charge < -0.3 is 19.4 Å². The Morgan fingerprint density at radius 1 is 1.25 bits per heavy atom. The molecule has 1 atom stereocenters. The molecule has 130 valence electrons. The third-order valence-electron chi connectivity index (χ3n) is 5.26. The minimum Gasteiger partial charge on any atom is -0.493 e. The van der Waals surface area contributed by atoms with E-state index >= 15 is 0 Å². The van der Waals surface area contributed by atoms with Gasteiger partial charge in [0.15, 0.2) is 0 Å². The second-order valence-corrected chi connectivity index (χ2v) is 7.80. The van der Waals surface area contributed by atoms with E-state index in [2.05, 4.69) is 11.4 Å². The topological polar surface area (TPSA) is 56.8 Å². The number of carbonyl (C=O) groups excluding carboxylic acids is 1. The van der Waals surface area contributed by atoms with Crippen LogP contribution in [0.2, 0.25) is 0 Å². The summed E-state index contributed by atoms with van der Waals surface area (Å²) in [6, 6.07) is 6.00. The molecule has 1 unspecified atom stereocenters. The zero-order valence-corrected chi connectivity index (χ0v) is 15.1. The molecule has 0 aliphatic carbocycles. The van der Waals surface area contributed by atoms with Gasteiger partial charge in [0.25, 0.3) is 0 Å². The molecule has 2 fully saturated rings. The third kappa shape index (κ3) is 3.30. The van der Waals surface area contributed by atoms with Crippen molar-refractivity contribution in [1.29, 1.82) is 0 Å². The number of amides is 1. The maximum Gasteiger partial charge on any atom is 0.494 e. The summed E-state index contributed by atoms with van der Waals surface area (Å²) >= 11 is 0. The monoisotopic (exact) mass is 331 g/mol. The van der Waals surface area contributed by atoms with E-state index in [1.54, 1.807) is 0 Å². The fourth-order valence-electron chi connectivity index (χ4n) is 2.95. The Kier molecular flexibility index (Phi) is 4.38. The first kappa shape index (κ1) is 17.3. The van der Waals surface area contributed by atoms with Gasteiger partial charge >= 0.3 is 7.12 Å². The number of hydrogen-bond donors (Lipinski definition) is 1. The van der Waals surface area contributed by atoms with Crippen molar-refractivity contribution in [1.82, 2.24) is 5.32 Å². The van der Waals surface area contributed by atoms with Gasteiger partial charge in [-0.2, -0.15) is 0 Å². The highest BCUT2D eigenvalue weighted by molar-refractivity contribution is 6.62. The van der Waals surface area contributed by atoms with Crippen LogP contribution in [-0.2, 0) is 14.1 Å². The molecule has 1 amide bonds. The van der Waals surface area contributed by atoms with Gasteiger partial charge in [-0.15, -0.1) is 0 Å². The van der Waals surface area contributed by atoms with Crippen molar-refractivity contribution < 1.29 is 18.8 Å². The third-order valence-corrected chi connectivity index (χ3v) is 5.26. The number of nitrogens with one attached hydrogen (secondary N) is 1. The second-order valence-electron chi connectivity index (χ2n) is 7.80. The molecule has 24 heavy (non-hydrogen) atoms. The number of carbonyl (C=O) groups is 1. The fourth-order valence-corrected chi connectivity index (χ4v) is 2.95. The fraction of sp³-hybridized carbons (Fsp3) is 0.611. The van der Waals surface area contributed by atoms with Crippen LogP contribution in [-0.4, -0.2) is 37.4 Å². The summed E-state index contributed by atoms with van der Waals surface area (Å²) in [5.74, 6) is 1.20. The summed E-state index contributed by atoms with van der Waals surface area (Å²) in [5.41, 5.74) is 1.35. The van der Waals surface area contributed by atoms with Crippen molar-refractivity contribution >= 4 is 18.5 Å². The molecular formula is C18H26BNO4. The van der Waals surface area contributed by atoms with Crippen molar-refractivity contribution in [2.75, 3.05) is 13.2 Å². The van der Waals surface area contributed by atoms with Gasteiger partial charge in [0.05, 0.1) is 17.8 Å². The maximum absolute atomic E-state index is 11.2.